The molecule has 2 nitrogen and oxygen atoms in total. The average Bonchev–Trinajstić information content (AvgIpc) is 2.16. The van der Waals surface area contributed by atoms with Crippen LogP contribution >= 0.6 is 23.2 Å². The Bertz CT molecular complexity index is 147. The van der Waals surface area contributed by atoms with Gasteiger partial charge in [-0.2, -0.15) is 0 Å². The fourth-order valence-electron chi connectivity index (χ4n) is 1.12. The van der Waals surface area contributed by atoms with Crippen molar-refractivity contribution in [3.8, 4) is 0 Å². The summed E-state index contributed by atoms with van der Waals surface area (Å²) in [5.74, 6) is 0.515. The molecule has 4 heteroatoms. The average molecular weight is 243 g/mol. The normalized spacial score (nSPS) is 16.3. The van der Waals surface area contributed by atoms with Crippen molar-refractivity contribution < 1.29 is 9.47 Å². The van der Waals surface area contributed by atoms with Gasteiger partial charge in [-0.1, -0.05) is 13.8 Å². The summed E-state index contributed by atoms with van der Waals surface area (Å²) in [4.78, 5) is -0.645. The van der Waals surface area contributed by atoms with E-state index in [0.717, 1.165) is 0 Å². The molecule has 0 fully saturated rings. The van der Waals surface area contributed by atoms with E-state index in [-0.39, 0.29) is 5.92 Å². The Balaban J connectivity index is 4.55. The third-order valence-corrected chi connectivity index (χ3v) is 3.52. The third kappa shape index (κ3) is 3.58. The summed E-state index contributed by atoms with van der Waals surface area (Å²) in [6.45, 7) is 9.00. The first-order chi connectivity index (χ1) is 6.52. The first-order valence-electron chi connectivity index (χ1n) is 5.00. The standard InChI is InChI=1S/C10H20Cl2O2/c1-5-13-9(14-6-2)10(12,7-11)8(3)4/h8-9H,5-7H2,1-4H3. The highest BCUT2D eigenvalue weighted by atomic mass is 35.5. The summed E-state index contributed by atoms with van der Waals surface area (Å²) >= 11 is 12.3. The lowest BCUT2D eigenvalue weighted by Crippen LogP contribution is -2.46. The van der Waals surface area contributed by atoms with Crippen molar-refractivity contribution in [3.63, 3.8) is 0 Å². The predicted molar refractivity (Wildman–Crippen MR) is 61.2 cm³/mol. The van der Waals surface area contributed by atoms with Gasteiger partial charge in [-0.3, -0.25) is 0 Å². The van der Waals surface area contributed by atoms with E-state index in [4.69, 9.17) is 32.7 Å². The maximum Gasteiger partial charge on any atom is 0.177 e. The SMILES string of the molecule is CCOC(OCC)C(Cl)(CCl)C(C)C. The van der Waals surface area contributed by atoms with Gasteiger partial charge in [0.15, 0.2) is 6.29 Å². The molecule has 0 bridgehead atoms. The maximum absolute atomic E-state index is 6.40. The van der Waals surface area contributed by atoms with E-state index in [0.29, 0.717) is 19.1 Å². The van der Waals surface area contributed by atoms with Crippen LogP contribution in [0.4, 0.5) is 0 Å². The molecule has 1 atom stereocenters. The van der Waals surface area contributed by atoms with Crippen molar-refractivity contribution >= 4 is 23.2 Å². The lowest BCUT2D eigenvalue weighted by atomic mass is 9.96. The molecule has 0 aliphatic rings. The molecule has 1 unspecified atom stereocenters. The molecule has 0 aromatic carbocycles. The van der Waals surface area contributed by atoms with Crippen molar-refractivity contribution in [3.05, 3.63) is 0 Å². The summed E-state index contributed by atoms with van der Waals surface area (Å²) in [5.41, 5.74) is 0. The molecule has 0 radical (unpaired) electrons. The number of halogens is 2. The summed E-state index contributed by atoms with van der Waals surface area (Å²) in [6, 6.07) is 0. The van der Waals surface area contributed by atoms with Crippen LogP contribution in [0.25, 0.3) is 0 Å². The zero-order valence-corrected chi connectivity index (χ0v) is 10.9. The summed E-state index contributed by atoms with van der Waals surface area (Å²) in [6.07, 6.45) is -0.434. The first kappa shape index (κ1) is 14.5. The van der Waals surface area contributed by atoms with E-state index in [1.165, 1.54) is 0 Å². The van der Waals surface area contributed by atoms with Gasteiger partial charge >= 0.3 is 0 Å². The van der Waals surface area contributed by atoms with Crippen LogP contribution in [-0.4, -0.2) is 30.3 Å². The van der Waals surface area contributed by atoms with E-state index in [1.54, 1.807) is 0 Å². The minimum atomic E-state index is -0.645. The van der Waals surface area contributed by atoms with Crippen molar-refractivity contribution in [1.29, 1.82) is 0 Å². The molecular weight excluding hydrogens is 223 g/mol. The van der Waals surface area contributed by atoms with Crippen LogP contribution in [0.1, 0.15) is 27.7 Å². The lowest BCUT2D eigenvalue weighted by molar-refractivity contribution is -0.161. The molecule has 0 saturated carbocycles. The number of rotatable bonds is 7. The van der Waals surface area contributed by atoms with Crippen LogP contribution in [0.2, 0.25) is 0 Å². The van der Waals surface area contributed by atoms with Crippen molar-refractivity contribution in [2.75, 3.05) is 19.1 Å². The van der Waals surface area contributed by atoms with Gasteiger partial charge in [0.1, 0.15) is 4.87 Å². The van der Waals surface area contributed by atoms with Crippen molar-refractivity contribution in [2.45, 2.75) is 38.9 Å². The first-order valence-corrected chi connectivity index (χ1v) is 5.92. The molecule has 86 valence electrons. The smallest absolute Gasteiger partial charge is 0.177 e. The van der Waals surface area contributed by atoms with Gasteiger partial charge in [-0.25, -0.2) is 0 Å². The molecule has 0 aliphatic carbocycles. The van der Waals surface area contributed by atoms with Gasteiger partial charge in [0.25, 0.3) is 0 Å². The van der Waals surface area contributed by atoms with Crippen molar-refractivity contribution in [2.24, 2.45) is 5.92 Å². The van der Waals surface area contributed by atoms with E-state index in [2.05, 4.69) is 0 Å². The number of ether oxygens (including phenoxy) is 2. The zero-order chi connectivity index (χ0) is 11.2. The predicted octanol–water partition coefficient (Wildman–Crippen LogP) is 3.26. The van der Waals surface area contributed by atoms with Crippen molar-refractivity contribution in [1.82, 2.24) is 0 Å². The fourth-order valence-corrected chi connectivity index (χ4v) is 1.68. The minimum Gasteiger partial charge on any atom is -0.351 e. The highest BCUT2D eigenvalue weighted by Gasteiger charge is 2.40. The second-order valence-electron chi connectivity index (χ2n) is 3.46. The van der Waals surface area contributed by atoms with Crippen LogP contribution in [-0.2, 0) is 9.47 Å². The van der Waals surface area contributed by atoms with Gasteiger partial charge < -0.3 is 9.47 Å². The molecule has 0 amide bonds. The number of hydrogen-bond donors (Lipinski definition) is 0. The Kier molecular flexibility index (Phi) is 7.13. The highest BCUT2D eigenvalue weighted by Crippen LogP contribution is 2.33. The molecule has 0 saturated heterocycles. The number of hydrogen-bond acceptors (Lipinski definition) is 2. The fraction of sp³-hybridized carbons (Fsp3) is 1.00. The molecule has 0 heterocycles. The Morgan fingerprint density at radius 2 is 1.57 bits per heavy atom. The molecule has 0 aromatic heterocycles. The Morgan fingerprint density at radius 1 is 1.14 bits per heavy atom. The van der Waals surface area contributed by atoms with Crippen LogP contribution in [0, 0.1) is 5.92 Å². The third-order valence-electron chi connectivity index (χ3n) is 2.19. The van der Waals surface area contributed by atoms with E-state index in [1.807, 2.05) is 27.7 Å². The summed E-state index contributed by atoms with van der Waals surface area (Å²) in [5, 5.41) is 0. The Labute approximate surface area is 96.9 Å². The zero-order valence-electron chi connectivity index (χ0n) is 9.35. The minimum absolute atomic E-state index is 0.199. The van der Waals surface area contributed by atoms with Gasteiger partial charge in [0, 0.05) is 19.1 Å². The number of alkyl halides is 2. The molecule has 0 N–H and O–H groups in total. The van der Waals surface area contributed by atoms with Gasteiger partial charge in [-0.15, -0.1) is 23.2 Å². The lowest BCUT2D eigenvalue weighted by Gasteiger charge is -2.36. The van der Waals surface area contributed by atoms with Crippen LogP contribution in [0.15, 0.2) is 0 Å². The van der Waals surface area contributed by atoms with Crippen LogP contribution in [0.3, 0.4) is 0 Å². The molecule has 0 aromatic rings. The van der Waals surface area contributed by atoms with Crippen LogP contribution in [0.5, 0.6) is 0 Å². The summed E-state index contributed by atoms with van der Waals surface area (Å²) < 4.78 is 10.9. The monoisotopic (exact) mass is 242 g/mol. The topological polar surface area (TPSA) is 18.5 Å². The van der Waals surface area contributed by atoms with Gasteiger partial charge in [0.2, 0.25) is 0 Å². The molecule has 0 aliphatic heterocycles. The second-order valence-corrected chi connectivity index (χ2v) is 4.43. The molecule has 14 heavy (non-hydrogen) atoms. The Morgan fingerprint density at radius 3 is 1.79 bits per heavy atom. The summed E-state index contributed by atoms with van der Waals surface area (Å²) in [7, 11) is 0. The maximum atomic E-state index is 6.40. The quantitative estimate of drug-likeness (QED) is 0.504. The molecule has 0 spiro atoms. The van der Waals surface area contributed by atoms with Gasteiger partial charge in [-0.05, 0) is 19.8 Å². The van der Waals surface area contributed by atoms with Gasteiger partial charge in [0.05, 0.1) is 0 Å². The molecule has 0 rings (SSSR count). The molecular formula is C10H20Cl2O2. The Hall–Kier alpha value is 0.500. The van der Waals surface area contributed by atoms with Crippen LogP contribution < -0.4 is 0 Å². The van der Waals surface area contributed by atoms with E-state index >= 15 is 0 Å². The second kappa shape index (κ2) is 6.89. The largest absolute Gasteiger partial charge is 0.351 e. The van der Waals surface area contributed by atoms with E-state index in [9.17, 15) is 0 Å². The highest BCUT2D eigenvalue weighted by molar-refractivity contribution is 6.31. The van der Waals surface area contributed by atoms with E-state index < -0.39 is 11.2 Å².